The number of amides is 1. The van der Waals surface area contributed by atoms with Crippen LogP contribution in [-0.2, 0) is 4.79 Å². The van der Waals surface area contributed by atoms with Gasteiger partial charge in [-0.15, -0.1) is 0 Å². The van der Waals surface area contributed by atoms with Crippen LogP contribution in [0.3, 0.4) is 0 Å². The normalized spacial score (nSPS) is 26.9. The Balaban J connectivity index is 1.75. The summed E-state index contributed by atoms with van der Waals surface area (Å²) in [5.74, 6) is 1.54. The predicted octanol–water partition coefficient (Wildman–Crippen LogP) is 2.39. The fourth-order valence-electron chi connectivity index (χ4n) is 3.20. The van der Waals surface area contributed by atoms with Crippen LogP contribution < -0.4 is 5.32 Å². The number of likely N-dealkylation sites (N-methyl/N-ethyl adjacent to an activating group) is 1. The summed E-state index contributed by atoms with van der Waals surface area (Å²) >= 11 is 0. The second-order valence-corrected chi connectivity index (χ2v) is 6.14. The monoisotopic (exact) mass is 272 g/mol. The SMILES string of the molecule is CCNC1CC(c2ccccc2)CN(CC2CC2)C1=O. The molecule has 0 bridgehead atoms. The average Bonchev–Trinajstić information content (AvgIpc) is 3.28. The zero-order valence-corrected chi connectivity index (χ0v) is 12.2. The van der Waals surface area contributed by atoms with Crippen molar-refractivity contribution < 1.29 is 4.79 Å². The molecule has 1 amide bonds. The Morgan fingerprint density at radius 2 is 2.00 bits per heavy atom. The average molecular weight is 272 g/mol. The summed E-state index contributed by atoms with van der Waals surface area (Å²) in [7, 11) is 0. The van der Waals surface area contributed by atoms with Crippen molar-refractivity contribution >= 4 is 5.91 Å². The fraction of sp³-hybridized carbons (Fsp3) is 0.588. The van der Waals surface area contributed by atoms with Crippen LogP contribution in [0, 0.1) is 5.92 Å². The summed E-state index contributed by atoms with van der Waals surface area (Å²) < 4.78 is 0. The second-order valence-electron chi connectivity index (χ2n) is 6.14. The molecule has 1 saturated carbocycles. The van der Waals surface area contributed by atoms with Crippen LogP contribution in [0.4, 0.5) is 0 Å². The van der Waals surface area contributed by atoms with Crippen LogP contribution in [0.25, 0.3) is 0 Å². The zero-order chi connectivity index (χ0) is 13.9. The number of likely N-dealkylation sites (tertiary alicyclic amines) is 1. The number of piperidine rings is 1. The number of nitrogens with one attached hydrogen (secondary N) is 1. The molecule has 1 aromatic rings. The zero-order valence-electron chi connectivity index (χ0n) is 12.2. The number of nitrogens with zero attached hydrogens (tertiary/aromatic N) is 1. The van der Waals surface area contributed by atoms with Crippen molar-refractivity contribution in [2.75, 3.05) is 19.6 Å². The van der Waals surface area contributed by atoms with E-state index in [4.69, 9.17) is 0 Å². The van der Waals surface area contributed by atoms with Gasteiger partial charge in [0, 0.05) is 19.0 Å². The van der Waals surface area contributed by atoms with E-state index in [1.54, 1.807) is 0 Å². The van der Waals surface area contributed by atoms with Crippen LogP contribution in [0.15, 0.2) is 30.3 Å². The van der Waals surface area contributed by atoms with Gasteiger partial charge in [-0.3, -0.25) is 4.79 Å². The smallest absolute Gasteiger partial charge is 0.239 e. The van der Waals surface area contributed by atoms with E-state index in [2.05, 4.69) is 47.5 Å². The van der Waals surface area contributed by atoms with E-state index in [1.807, 2.05) is 0 Å². The summed E-state index contributed by atoms with van der Waals surface area (Å²) in [6.45, 7) is 4.78. The molecule has 3 heteroatoms. The summed E-state index contributed by atoms with van der Waals surface area (Å²) in [5.41, 5.74) is 1.36. The maximum atomic E-state index is 12.5. The molecule has 1 heterocycles. The Morgan fingerprint density at radius 1 is 1.25 bits per heavy atom. The molecule has 1 saturated heterocycles. The minimum Gasteiger partial charge on any atom is -0.340 e. The van der Waals surface area contributed by atoms with E-state index in [0.29, 0.717) is 11.8 Å². The van der Waals surface area contributed by atoms with Crippen molar-refractivity contribution in [2.45, 2.75) is 38.1 Å². The number of carbonyl (C=O) groups is 1. The molecule has 1 aliphatic heterocycles. The van der Waals surface area contributed by atoms with Crippen molar-refractivity contribution in [1.29, 1.82) is 0 Å². The first-order valence-corrected chi connectivity index (χ1v) is 7.85. The molecule has 2 atom stereocenters. The molecule has 2 unspecified atom stereocenters. The predicted molar refractivity (Wildman–Crippen MR) is 80.6 cm³/mol. The Bertz CT molecular complexity index is 455. The molecule has 20 heavy (non-hydrogen) atoms. The molecule has 1 aromatic carbocycles. The molecule has 1 aliphatic carbocycles. The van der Waals surface area contributed by atoms with E-state index < -0.39 is 0 Å². The Hall–Kier alpha value is -1.35. The first-order valence-electron chi connectivity index (χ1n) is 7.85. The summed E-state index contributed by atoms with van der Waals surface area (Å²) in [5, 5.41) is 3.37. The Kier molecular flexibility index (Phi) is 4.06. The van der Waals surface area contributed by atoms with Crippen LogP contribution >= 0.6 is 0 Å². The molecular formula is C17H24N2O. The molecule has 0 aromatic heterocycles. The van der Waals surface area contributed by atoms with Crippen molar-refractivity contribution in [3.05, 3.63) is 35.9 Å². The third-order valence-corrected chi connectivity index (χ3v) is 4.47. The molecule has 0 spiro atoms. The lowest BCUT2D eigenvalue weighted by Gasteiger charge is -2.38. The Labute approximate surface area is 121 Å². The number of rotatable bonds is 5. The van der Waals surface area contributed by atoms with Crippen molar-refractivity contribution in [2.24, 2.45) is 5.92 Å². The molecule has 0 radical (unpaired) electrons. The maximum Gasteiger partial charge on any atom is 0.239 e. The van der Waals surface area contributed by atoms with Crippen LogP contribution in [0.1, 0.15) is 37.7 Å². The number of hydrogen-bond donors (Lipinski definition) is 1. The largest absolute Gasteiger partial charge is 0.340 e. The topological polar surface area (TPSA) is 32.3 Å². The highest BCUT2D eigenvalue weighted by molar-refractivity contribution is 5.83. The van der Waals surface area contributed by atoms with Gasteiger partial charge < -0.3 is 10.2 Å². The summed E-state index contributed by atoms with van der Waals surface area (Å²) in [4.78, 5) is 14.6. The highest BCUT2D eigenvalue weighted by Crippen LogP contribution is 2.33. The number of carbonyl (C=O) groups excluding carboxylic acids is 1. The van der Waals surface area contributed by atoms with Gasteiger partial charge in [0.25, 0.3) is 0 Å². The molecule has 1 N–H and O–H groups in total. The number of benzene rings is 1. The molecule has 3 rings (SSSR count). The van der Waals surface area contributed by atoms with E-state index in [-0.39, 0.29) is 6.04 Å². The highest BCUT2D eigenvalue weighted by atomic mass is 16.2. The summed E-state index contributed by atoms with van der Waals surface area (Å²) in [6.07, 6.45) is 3.52. The fourth-order valence-corrected chi connectivity index (χ4v) is 3.20. The first-order chi connectivity index (χ1) is 9.78. The van der Waals surface area contributed by atoms with Crippen LogP contribution in [-0.4, -0.2) is 36.5 Å². The van der Waals surface area contributed by atoms with Crippen molar-refractivity contribution in [1.82, 2.24) is 10.2 Å². The molecular weight excluding hydrogens is 248 g/mol. The van der Waals surface area contributed by atoms with Gasteiger partial charge in [-0.05, 0) is 37.3 Å². The third-order valence-electron chi connectivity index (χ3n) is 4.47. The van der Waals surface area contributed by atoms with Gasteiger partial charge in [0.1, 0.15) is 0 Å². The van der Waals surface area contributed by atoms with E-state index in [0.717, 1.165) is 32.0 Å². The second kappa shape index (κ2) is 5.96. The van der Waals surface area contributed by atoms with E-state index >= 15 is 0 Å². The quantitative estimate of drug-likeness (QED) is 0.892. The number of hydrogen-bond acceptors (Lipinski definition) is 2. The highest BCUT2D eigenvalue weighted by Gasteiger charge is 2.36. The van der Waals surface area contributed by atoms with E-state index in [1.165, 1.54) is 18.4 Å². The molecule has 2 aliphatic rings. The first kappa shape index (κ1) is 13.6. The Morgan fingerprint density at radius 3 is 2.65 bits per heavy atom. The lowest BCUT2D eigenvalue weighted by molar-refractivity contribution is -0.136. The maximum absolute atomic E-state index is 12.5. The van der Waals surface area contributed by atoms with Crippen LogP contribution in [0.2, 0.25) is 0 Å². The molecule has 2 fully saturated rings. The van der Waals surface area contributed by atoms with Gasteiger partial charge in [-0.2, -0.15) is 0 Å². The lowest BCUT2D eigenvalue weighted by atomic mass is 9.87. The molecule has 3 nitrogen and oxygen atoms in total. The van der Waals surface area contributed by atoms with Crippen molar-refractivity contribution in [3.63, 3.8) is 0 Å². The molecule has 108 valence electrons. The van der Waals surface area contributed by atoms with Crippen molar-refractivity contribution in [3.8, 4) is 0 Å². The standard InChI is InChI=1S/C17H24N2O/c1-2-18-16-10-15(14-6-4-3-5-7-14)12-19(17(16)20)11-13-8-9-13/h3-7,13,15-16,18H,2,8-12H2,1H3. The van der Waals surface area contributed by atoms with Gasteiger partial charge in [0.05, 0.1) is 6.04 Å². The van der Waals surface area contributed by atoms with E-state index in [9.17, 15) is 4.79 Å². The van der Waals surface area contributed by atoms with Gasteiger partial charge in [-0.1, -0.05) is 37.3 Å². The minimum absolute atomic E-state index is 0.00212. The minimum atomic E-state index is -0.00212. The van der Waals surface area contributed by atoms with Gasteiger partial charge >= 0.3 is 0 Å². The van der Waals surface area contributed by atoms with Gasteiger partial charge in [0.2, 0.25) is 5.91 Å². The summed E-state index contributed by atoms with van der Waals surface area (Å²) in [6, 6.07) is 10.6. The van der Waals surface area contributed by atoms with Crippen LogP contribution in [0.5, 0.6) is 0 Å². The van der Waals surface area contributed by atoms with Gasteiger partial charge in [0.15, 0.2) is 0 Å². The third kappa shape index (κ3) is 3.04. The van der Waals surface area contributed by atoms with Gasteiger partial charge in [-0.25, -0.2) is 0 Å². The lowest BCUT2D eigenvalue weighted by Crippen LogP contribution is -2.53.